The van der Waals surface area contributed by atoms with Crippen LogP contribution in [0.15, 0.2) is 18.2 Å². The lowest BCUT2D eigenvalue weighted by molar-refractivity contribution is 0.00893. The second-order valence-electron chi connectivity index (χ2n) is 4.80. The van der Waals surface area contributed by atoms with Crippen LogP contribution in [0.25, 0.3) is 0 Å². The van der Waals surface area contributed by atoms with Gasteiger partial charge in [-0.25, -0.2) is 4.79 Å². The molecule has 2 N–H and O–H groups in total. The lowest BCUT2D eigenvalue weighted by atomic mass is 9.91. The number of rotatable bonds is 2. The van der Waals surface area contributed by atoms with Gasteiger partial charge in [0.1, 0.15) is 0 Å². The summed E-state index contributed by atoms with van der Waals surface area (Å²) in [5.41, 5.74) is 0.320. The average Bonchev–Trinajstić information content (AvgIpc) is 2.29. The summed E-state index contributed by atoms with van der Waals surface area (Å²) in [6.45, 7) is 4.40. The quantitative estimate of drug-likeness (QED) is 0.840. The normalized spacial score (nSPS) is 28.6. The fourth-order valence-electron chi connectivity index (χ4n) is 2.59. The summed E-state index contributed by atoms with van der Waals surface area (Å²) in [4.78, 5) is 11.6. The zero-order chi connectivity index (χ0) is 12.8. The van der Waals surface area contributed by atoms with Gasteiger partial charge in [0.2, 0.25) is 0 Å². The molecule has 0 spiro atoms. The third-order valence-corrected chi connectivity index (χ3v) is 3.29. The molecule has 0 unspecified atom stereocenters. The number of carbonyl (C=O) groups is 1. The first kappa shape index (κ1) is 11.2. The summed E-state index contributed by atoms with van der Waals surface area (Å²) in [6.07, 6.45) is 0.710. The molecule has 2 heterocycles. The average molecular weight is 248 g/mol. The van der Waals surface area contributed by atoms with Crippen molar-refractivity contribution in [3.05, 3.63) is 23.8 Å². The minimum absolute atomic E-state index is 0.0205. The molecule has 1 aromatic carbocycles. The predicted octanol–water partition coefficient (Wildman–Crippen LogP) is 1.94. The molecule has 1 saturated heterocycles. The van der Waals surface area contributed by atoms with Crippen LogP contribution in [0.4, 0.5) is 4.79 Å². The first-order valence-electron chi connectivity index (χ1n) is 6.15. The van der Waals surface area contributed by atoms with Gasteiger partial charge in [0.25, 0.3) is 0 Å². The maximum absolute atomic E-state index is 11.6. The molecule has 1 fully saturated rings. The van der Waals surface area contributed by atoms with Gasteiger partial charge < -0.3 is 20.1 Å². The molecule has 96 valence electrons. The van der Waals surface area contributed by atoms with Crippen molar-refractivity contribution in [3.8, 4) is 11.5 Å². The highest BCUT2D eigenvalue weighted by Crippen LogP contribution is 2.45. The van der Waals surface area contributed by atoms with Crippen molar-refractivity contribution >= 4 is 6.03 Å². The van der Waals surface area contributed by atoms with Crippen molar-refractivity contribution in [2.75, 3.05) is 6.61 Å². The number of hydrogen-bond acceptors (Lipinski definition) is 3. The van der Waals surface area contributed by atoms with Crippen LogP contribution in [0.1, 0.15) is 31.9 Å². The van der Waals surface area contributed by atoms with Crippen LogP contribution < -0.4 is 20.1 Å². The van der Waals surface area contributed by atoms with Gasteiger partial charge in [0.15, 0.2) is 17.2 Å². The molecule has 2 bridgehead atoms. The number of ether oxygens (including phenoxy) is 2. The summed E-state index contributed by atoms with van der Waals surface area (Å²) < 4.78 is 11.5. The van der Waals surface area contributed by atoms with Crippen molar-refractivity contribution in [1.29, 1.82) is 0 Å². The monoisotopic (exact) mass is 248 g/mol. The van der Waals surface area contributed by atoms with Crippen molar-refractivity contribution in [1.82, 2.24) is 10.6 Å². The van der Waals surface area contributed by atoms with Gasteiger partial charge in [0, 0.05) is 12.0 Å². The summed E-state index contributed by atoms with van der Waals surface area (Å²) in [5.74, 6) is 1.45. The number of amides is 2. The number of fused-ring (bicyclic) bond motifs is 4. The minimum Gasteiger partial charge on any atom is -0.490 e. The van der Waals surface area contributed by atoms with E-state index < -0.39 is 5.72 Å². The molecule has 5 nitrogen and oxygen atoms in total. The van der Waals surface area contributed by atoms with E-state index in [9.17, 15) is 4.79 Å². The van der Waals surface area contributed by atoms with Crippen molar-refractivity contribution < 1.29 is 14.3 Å². The second kappa shape index (κ2) is 3.80. The Balaban J connectivity index is 2.07. The third kappa shape index (κ3) is 1.66. The molecule has 0 radical (unpaired) electrons. The Morgan fingerprint density at radius 1 is 1.56 bits per heavy atom. The highest BCUT2D eigenvalue weighted by molar-refractivity contribution is 5.77. The molecular weight excluding hydrogens is 232 g/mol. The highest BCUT2D eigenvalue weighted by Gasteiger charge is 2.44. The van der Waals surface area contributed by atoms with E-state index in [0.717, 1.165) is 17.1 Å². The van der Waals surface area contributed by atoms with Gasteiger partial charge in [-0.3, -0.25) is 0 Å². The maximum Gasteiger partial charge on any atom is 0.318 e. The summed E-state index contributed by atoms with van der Waals surface area (Å²) in [7, 11) is 0. The van der Waals surface area contributed by atoms with Crippen molar-refractivity contribution in [2.24, 2.45) is 0 Å². The topological polar surface area (TPSA) is 59.6 Å². The largest absolute Gasteiger partial charge is 0.490 e. The fourth-order valence-corrected chi connectivity index (χ4v) is 2.59. The van der Waals surface area contributed by atoms with Crippen LogP contribution in [-0.2, 0) is 0 Å². The Morgan fingerprint density at radius 3 is 3.17 bits per heavy atom. The second-order valence-corrected chi connectivity index (χ2v) is 4.80. The Morgan fingerprint density at radius 2 is 2.39 bits per heavy atom. The molecule has 3 rings (SSSR count). The Kier molecular flexibility index (Phi) is 2.36. The Labute approximate surface area is 105 Å². The highest BCUT2D eigenvalue weighted by atomic mass is 16.5. The summed E-state index contributed by atoms with van der Waals surface area (Å²) in [6, 6.07) is 5.56. The molecule has 5 heteroatoms. The van der Waals surface area contributed by atoms with Crippen molar-refractivity contribution in [2.45, 2.75) is 32.0 Å². The molecule has 1 aromatic rings. The molecule has 2 atom stereocenters. The fraction of sp³-hybridized carbons (Fsp3) is 0.462. The lowest BCUT2D eigenvalue weighted by Gasteiger charge is -2.44. The number of carbonyl (C=O) groups excluding carboxylic acids is 1. The van der Waals surface area contributed by atoms with Crippen LogP contribution in [0, 0.1) is 0 Å². The van der Waals surface area contributed by atoms with Crippen molar-refractivity contribution in [3.63, 3.8) is 0 Å². The Hall–Kier alpha value is -1.91. The van der Waals surface area contributed by atoms with E-state index in [1.165, 1.54) is 0 Å². The number of urea groups is 1. The van der Waals surface area contributed by atoms with E-state index in [0.29, 0.717) is 13.0 Å². The van der Waals surface area contributed by atoms with Gasteiger partial charge in [-0.05, 0) is 19.9 Å². The van der Waals surface area contributed by atoms with E-state index in [1.807, 2.05) is 32.0 Å². The van der Waals surface area contributed by atoms with Crippen LogP contribution >= 0.6 is 0 Å². The molecule has 0 saturated carbocycles. The van der Waals surface area contributed by atoms with Gasteiger partial charge in [-0.1, -0.05) is 12.1 Å². The van der Waals surface area contributed by atoms with Crippen LogP contribution in [-0.4, -0.2) is 18.4 Å². The first-order chi connectivity index (χ1) is 8.61. The van der Waals surface area contributed by atoms with E-state index in [2.05, 4.69) is 10.6 Å². The minimum atomic E-state index is -0.660. The van der Waals surface area contributed by atoms with E-state index in [-0.39, 0.29) is 12.1 Å². The molecule has 18 heavy (non-hydrogen) atoms. The number of hydrogen-bond donors (Lipinski definition) is 2. The smallest absolute Gasteiger partial charge is 0.318 e. The summed E-state index contributed by atoms with van der Waals surface area (Å²) >= 11 is 0. The number of para-hydroxylation sites is 1. The maximum atomic E-state index is 11.6. The first-order valence-corrected chi connectivity index (χ1v) is 6.15. The van der Waals surface area contributed by atoms with Crippen LogP contribution in [0.2, 0.25) is 0 Å². The van der Waals surface area contributed by atoms with Gasteiger partial charge >= 0.3 is 6.03 Å². The lowest BCUT2D eigenvalue weighted by Crippen LogP contribution is -2.62. The standard InChI is InChI=1S/C13H16N2O3/c1-3-17-10-6-4-5-8-9-7-13(2,18-11(8)10)15-12(16)14-9/h4-6,9H,3,7H2,1-2H3,(H2,14,15,16)/t9-,13-/m1/s1. The number of benzene rings is 1. The third-order valence-electron chi connectivity index (χ3n) is 3.29. The van der Waals surface area contributed by atoms with Gasteiger partial charge in [-0.15, -0.1) is 0 Å². The zero-order valence-electron chi connectivity index (χ0n) is 10.4. The predicted molar refractivity (Wildman–Crippen MR) is 65.7 cm³/mol. The number of nitrogens with one attached hydrogen (secondary N) is 2. The zero-order valence-corrected chi connectivity index (χ0v) is 10.4. The van der Waals surface area contributed by atoms with Crippen LogP contribution in [0.3, 0.4) is 0 Å². The van der Waals surface area contributed by atoms with E-state index in [1.54, 1.807) is 0 Å². The molecule has 2 aliphatic rings. The summed E-state index contributed by atoms with van der Waals surface area (Å²) in [5, 5.41) is 5.72. The molecule has 2 amide bonds. The molecular formula is C13H16N2O3. The van der Waals surface area contributed by atoms with Gasteiger partial charge in [-0.2, -0.15) is 0 Å². The van der Waals surface area contributed by atoms with Gasteiger partial charge in [0.05, 0.1) is 12.6 Å². The Bertz CT molecular complexity index is 503. The van der Waals surface area contributed by atoms with E-state index >= 15 is 0 Å². The molecule has 0 aromatic heterocycles. The van der Waals surface area contributed by atoms with Crippen LogP contribution in [0.5, 0.6) is 11.5 Å². The molecule has 0 aliphatic carbocycles. The SMILES string of the molecule is CCOc1cccc2c1O[C@]1(C)C[C@H]2NC(=O)N1. The molecule has 2 aliphatic heterocycles. The van der Waals surface area contributed by atoms with E-state index in [4.69, 9.17) is 9.47 Å².